The first-order valence-corrected chi connectivity index (χ1v) is 12.9. The van der Waals surface area contributed by atoms with Crippen LogP contribution in [-0.2, 0) is 18.3 Å². The maximum Gasteiger partial charge on any atom is 0.0847 e. The number of aromatic amines is 2. The lowest BCUT2D eigenvalue weighted by Gasteiger charge is -2.38. The highest BCUT2D eigenvalue weighted by Gasteiger charge is 2.35. The van der Waals surface area contributed by atoms with E-state index < -0.39 is 6.10 Å². The van der Waals surface area contributed by atoms with Gasteiger partial charge in [0.25, 0.3) is 0 Å². The topological polar surface area (TPSA) is 84.9 Å². The molecule has 34 heavy (non-hydrogen) atoms. The third kappa shape index (κ3) is 4.73. The number of aromatic nitrogens is 3. The maximum absolute atomic E-state index is 8.42. The van der Waals surface area contributed by atoms with Gasteiger partial charge in [0.1, 0.15) is 0 Å². The number of allylic oxidation sites excluding steroid dienone is 1. The quantitative estimate of drug-likeness (QED) is 0.306. The molecule has 0 saturated carbocycles. The maximum atomic E-state index is 8.42. The van der Waals surface area contributed by atoms with Crippen molar-refractivity contribution in [2.45, 2.75) is 91.6 Å². The van der Waals surface area contributed by atoms with Gasteiger partial charge < -0.3 is 15.2 Å². The van der Waals surface area contributed by atoms with Gasteiger partial charge in [-0.05, 0) is 85.8 Å². The van der Waals surface area contributed by atoms with Gasteiger partial charge >= 0.3 is 0 Å². The molecule has 5 heteroatoms. The van der Waals surface area contributed by atoms with Crippen LogP contribution in [0.3, 0.4) is 0 Å². The van der Waals surface area contributed by atoms with Gasteiger partial charge in [-0.2, -0.15) is 5.10 Å². The van der Waals surface area contributed by atoms with Gasteiger partial charge in [0.2, 0.25) is 0 Å². The van der Waals surface area contributed by atoms with Gasteiger partial charge in [0, 0.05) is 16.3 Å². The minimum Gasteiger partial charge on any atom is -0.394 e. The minimum atomic E-state index is -0.509. The van der Waals surface area contributed by atoms with Crippen molar-refractivity contribution in [3.8, 4) is 11.4 Å². The Hall–Kier alpha value is -2.37. The highest BCUT2D eigenvalue weighted by atomic mass is 16.3. The predicted octanol–water partition coefficient (Wildman–Crippen LogP) is 6.37. The highest BCUT2D eigenvalue weighted by molar-refractivity contribution is 5.92. The molecule has 1 unspecified atom stereocenters. The number of nitrogens with zero attached hydrogens (tertiary/aromatic N) is 1. The molecule has 0 bridgehead atoms. The number of aliphatic hydroxyl groups is 2. The van der Waals surface area contributed by atoms with Crippen molar-refractivity contribution >= 4 is 10.9 Å². The fraction of sp³-hybridized carbons (Fsp3) is 0.552. The molecule has 0 amide bonds. The number of aliphatic hydroxyl groups excluding tert-OH is 2. The predicted molar refractivity (Wildman–Crippen MR) is 142 cm³/mol. The van der Waals surface area contributed by atoms with Gasteiger partial charge in [-0.3, -0.25) is 5.10 Å². The van der Waals surface area contributed by atoms with E-state index in [4.69, 9.17) is 10.2 Å². The minimum absolute atomic E-state index is 0.0358. The van der Waals surface area contributed by atoms with Crippen LogP contribution in [0.2, 0.25) is 0 Å². The first-order chi connectivity index (χ1) is 16.2. The zero-order chi connectivity index (χ0) is 25.0. The van der Waals surface area contributed by atoms with Crippen LogP contribution in [0, 0.1) is 12.8 Å². The van der Waals surface area contributed by atoms with E-state index in [0.717, 1.165) is 25.7 Å². The van der Waals surface area contributed by atoms with E-state index in [1.54, 1.807) is 0 Å². The molecule has 0 saturated heterocycles. The van der Waals surface area contributed by atoms with E-state index in [2.05, 4.69) is 68.5 Å². The lowest BCUT2D eigenvalue weighted by molar-refractivity contribution is 0.0923. The number of fused-ring (bicyclic) bond motifs is 5. The summed E-state index contributed by atoms with van der Waals surface area (Å²) in [6.45, 7) is 17.7. The summed E-state index contributed by atoms with van der Waals surface area (Å²) in [6, 6.07) is 4.82. The van der Waals surface area contributed by atoms with Crippen molar-refractivity contribution < 1.29 is 10.2 Å². The molecule has 3 aromatic rings. The van der Waals surface area contributed by atoms with Crippen molar-refractivity contribution in [3.63, 3.8) is 0 Å². The number of nitrogens with one attached hydrogen (secondary N) is 2. The van der Waals surface area contributed by atoms with Crippen molar-refractivity contribution in [1.29, 1.82) is 0 Å². The fourth-order valence-electron chi connectivity index (χ4n) is 5.51. The van der Waals surface area contributed by atoms with Crippen LogP contribution >= 0.6 is 0 Å². The zero-order valence-electron chi connectivity index (χ0n) is 21.9. The molecular formula is C29H43N3O2. The van der Waals surface area contributed by atoms with Gasteiger partial charge in [0.05, 0.1) is 30.3 Å². The Morgan fingerprint density at radius 3 is 2.41 bits per heavy atom. The second-order valence-electron chi connectivity index (χ2n) is 10.0. The van der Waals surface area contributed by atoms with Crippen LogP contribution in [0.4, 0.5) is 0 Å². The average molecular weight is 466 g/mol. The first kappa shape index (κ1) is 26.2. The number of H-pyrrole nitrogens is 2. The molecule has 1 aromatic carbocycles. The van der Waals surface area contributed by atoms with Crippen molar-refractivity contribution in [2.75, 3.05) is 6.61 Å². The Labute approximate surface area is 204 Å². The van der Waals surface area contributed by atoms with Crippen molar-refractivity contribution in [3.05, 3.63) is 52.7 Å². The van der Waals surface area contributed by atoms with Crippen LogP contribution in [0.15, 0.2) is 30.5 Å². The van der Waals surface area contributed by atoms with E-state index in [0.29, 0.717) is 12.3 Å². The molecule has 0 fully saturated rings. The van der Waals surface area contributed by atoms with Gasteiger partial charge in [-0.1, -0.05) is 46.8 Å². The van der Waals surface area contributed by atoms with E-state index in [1.807, 2.05) is 13.1 Å². The molecule has 5 nitrogen and oxygen atoms in total. The average Bonchev–Trinajstić information content (AvgIpc) is 3.40. The second-order valence-corrected chi connectivity index (χ2v) is 10.0. The highest BCUT2D eigenvalue weighted by Crippen LogP contribution is 2.45. The largest absolute Gasteiger partial charge is 0.394 e. The van der Waals surface area contributed by atoms with E-state index in [-0.39, 0.29) is 12.0 Å². The van der Waals surface area contributed by atoms with Gasteiger partial charge in [-0.15, -0.1) is 0 Å². The molecule has 4 N–H and O–H groups in total. The normalized spacial score (nSPS) is 14.3. The molecule has 2 aromatic heterocycles. The Balaban J connectivity index is 0.000000481. The number of hydrogen-bond donors (Lipinski definition) is 4. The number of aryl methyl sites for hydroxylation is 3. The summed E-state index contributed by atoms with van der Waals surface area (Å²) >= 11 is 0. The Morgan fingerprint density at radius 2 is 1.85 bits per heavy atom. The Kier molecular flexibility index (Phi) is 8.43. The fourth-order valence-corrected chi connectivity index (χ4v) is 5.51. The molecule has 2 heterocycles. The third-order valence-electron chi connectivity index (χ3n) is 7.81. The summed E-state index contributed by atoms with van der Waals surface area (Å²) in [5.74, 6) is 0.475. The molecule has 0 radical (unpaired) electrons. The Bertz CT molecular complexity index is 1110. The molecule has 0 aliphatic heterocycles. The molecule has 1 aliphatic rings. The third-order valence-corrected chi connectivity index (χ3v) is 7.81. The number of rotatable bonds is 7. The molecule has 1 atom stereocenters. The summed E-state index contributed by atoms with van der Waals surface area (Å²) in [4.78, 5) is 3.75. The molecular weight excluding hydrogens is 422 g/mol. The SMILES string of the molecule is C=C(C(C)C)C(CC)(CC)c1cc2[nH]c3c(c2cc1C)CCCc1cn[nH]c1-3.CCC(O)CO. The monoisotopic (exact) mass is 465 g/mol. The second kappa shape index (κ2) is 10.9. The lowest BCUT2D eigenvalue weighted by Crippen LogP contribution is -2.30. The smallest absolute Gasteiger partial charge is 0.0847 e. The van der Waals surface area contributed by atoms with Crippen LogP contribution in [0.5, 0.6) is 0 Å². The molecule has 4 rings (SSSR count). The summed E-state index contributed by atoms with van der Waals surface area (Å²) in [5.41, 5.74) is 10.6. The standard InChI is InChI=1S/C25H33N3.C4H10O2/c1-7-25(8-2,17(6)15(3)4)21-13-22-20(12-16(21)5)19-11-9-10-18-14-26-28-23(18)24(19)27-22;1-2-4(6)3-5/h12-15,27H,6-11H2,1-5H3,(H,26,28);4-6H,2-3H2,1H3. The van der Waals surface area contributed by atoms with Crippen LogP contribution in [0.1, 0.15) is 82.6 Å². The van der Waals surface area contributed by atoms with Crippen LogP contribution in [0.25, 0.3) is 22.3 Å². The van der Waals surface area contributed by atoms with Crippen molar-refractivity contribution in [2.24, 2.45) is 5.92 Å². The van der Waals surface area contributed by atoms with Crippen molar-refractivity contribution in [1.82, 2.24) is 15.2 Å². The van der Waals surface area contributed by atoms with E-state index in [9.17, 15) is 0 Å². The molecule has 186 valence electrons. The first-order valence-electron chi connectivity index (χ1n) is 12.9. The summed E-state index contributed by atoms with van der Waals surface area (Å²) in [5, 5.41) is 25.4. The Morgan fingerprint density at radius 1 is 1.15 bits per heavy atom. The van der Waals surface area contributed by atoms with Gasteiger partial charge in [-0.25, -0.2) is 0 Å². The number of hydrogen-bond acceptors (Lipinski definition) is 3. The van der Waals surface area contributed by atoms with E-state index in [1.165, 1.54) is 56.5 Å². The molecule has 0 spiro atoms. The zero-order valence-corrected chi connectivity index (χ0v) is 21.9. The number of benzene rings is 1. The van der Waals surface area contributed by atoms with Gasteiger partial charge in [0.15, 0.2) is 0 Å². The summed E-state index contributed by atoms with van der Waals surface area (Å²) < 4.78 is 0. The summed E-state index contributed by atoms with van der Waals surface area (Å²) in [7, 11) is 0. The van der Waals surface area contributed by atoms with E-state index >= 15 is 0 Å². The molecule has 1 aliphatic carbocycles. The lowest BCUT2D eigenvalue weighted by atomic mass is 9.66. The van der Waals surface area contributed by atoms with Crippen LogP contribution in [-0.4, -0.2) is 38.1 Å². The summed E-state index contributed by atoms with van der Waals surface area (Å²) in [6.07, 6.45) is 7.65. The van der Waals surface area contributed by atoms with Crippen LogP contribution < -0.4 is 0 Å².